The van der Waals surface area contributed by atoms with Crippen LogP contribution in [0.5, 0.6) is 0 Å². The standard InChI is InChI=1S/C15H23ClFN3/c1-19(2)12-4-3-7-20(10-12)15(9-18)11-5-6-14(17)13(16)8-11/h5-6,8,12,15H,3-4,7,9-10,18H2,1-2H3. The highest BCUT2D eigenvalue weighted by Crippen LogP contribution is 2.27. The van der Waals surface area contributed by atoms with Crippen LogP contribution in [0.25, 0.3) is 0 Å². The fourth-order valence-corrected chi connectivity index (χ4v) is 3.09. The largest absolute Gasteiger partial charge is 0.329 e. The van der Waals surface area contributed by atoms with Gasteiger partial charge in [0.1, 0.15) is 5.82 Å². The van der Waals surface area contributed by atoms with E-state index in [-0.39, 0.29) is 16.9 Å². The molecular weight excluding hydrogens is 277 g/mol. The lowest BCUT2D eigenvalue weighted by molar-refractivity contribution is 0.0984. The monoisotopic (exact) mass is 299 g/mol. The van der Waals surface area contributed by atoms with Crippen molar-refractivity contribution in [2.24, 2.45) is 5.73 Å². The van der Waals surface area contributed by atoms with Gasteiger partial charge in [-0.2, -0.15) is 0 Å². The lowest BCUT2D eigenvalue weighted by Crippen LogP contribution is -2.47. The molecule has 0 aliphatic carbocycles. The Morgan fingerprint density at radius 2 is 2.25 bits per heavy atom. The van der Waals surface area contributed by atoms with E-state index in [1.165, 1.54) is 12.5 Å². The average molecular weight is 300 g/mol. The maximum Gasteiger partial charge on any atom is 0.141 e. The van der Waals surface area contributed by atoms with Gasteiger partial charge in [-0.1, -0.05) is 17.7 Å². The van der Waals surface area contributed by atoms with E-state index in [0.29, 0.717) is 12.6 Å². The Morgan fingerprint density at radius 3 is 2.85 bits per heavy atom. The summed E-state index contributed by atoms with van der Waals surface area (Å²) in [5.41, 5.74) is 6.95. The van der Waals surface area contributed by atoms with Crippen LogP contribution in [-0.4, -0.2) is 49.6 Å². The molecule has 1 aliphatic rings. The quantitative estimate of drug-likeness (QED) is 0.927. The van der Waals surface area contributed by atoms with Crippen LogP contribution in [-0.2, 0) is 0 Å². The first kappa shape index (κ1) is 15.7. The first-order chi connectivity index (χ1) is 9.52. The van der Waals surface area contributed by atoms with E-state index < -0.39 is 0 Å². The van der Waals surface area contributed by atoms with Gasteiger partial charge in [-0.3, -0.25) is 4.90 Å². The average Bonchev–Trinajstić information content (AvgIpc) is 2.44. The lowest BCUT2D eigenvalue weighted by atomic mass is 9.99. The van der Waals surface area contributed by atoms with Crippen molar-refractivity contribution in [2.75, 3.05) is 33.7 Å². The molecule has 0 aromatic heterocycles. The first-order valence-electron chi connectivity index (χ1n) is 7.08. The van der Waals surface area contributed by atoms with Gasteiger partial charge in [0.2, 0.25) is 0 Å². The lowest BCUT2D eigenvalue weighted by Gasteiger charge is -2.40. The molecule has 1 aliphatic heterocycles. The third kappa shape index (κ3) is 3.50. The van der Waals surface area contributed by atoms with E-state index in [4.69, 9.17) is 17.3 Å². The summed E-state index contributed by atoms with van der Waals surface area (Å²) < 4.78 is 13.3. The minimum absolute atomic E-state index is 0.107. The Morgan fingerprint density at radius 1 is 1.50 bits per heavy atom. The van der Waals surface area contributed by atoms with Crippen molar-refractivity contribution in [3.05, 3.63) is 34.6 Å². The van der Waals surface area contributed by atoms with Crippen LogP contribution in [0, 0.1) is 5.82 Å². The summed E-state index contributed by atoms with van der Waals surface area (Å²) in [4.78, 5) is 4.65. The van der Waals surface area contributed by atoms with Crippen LogP contribution in [0.3, 0.4) is 0 Å². The van der Waals surface area contributed by atoms with E-state index in [9.17, 15) is 4.39 Å². The smallest absolute Gasteiger partial charge is 0.141 e. The molecule has 20 heavy (non-hydrogen) atoms. The molecule has 0 bridgehead atoms. The van der Waals surface area contributed by atoms with Gasteiger partial charge in [0.05, 0.1) is 5.02 Å². The molecule has 1 saturated heterocycles. The maximum absolute atomic E-state index is 13.3. The van der Waals surface area contributed by atoms with Gasteiger partial charge in [0.25, 0.3) is 0 Å². The zero-order chi connectivity index (χ0) is 14.7. The number of hydrogen-bond donors (Lipinski definition) is 1. The molecule has 1 heterocycles. The van der Waals surface area contributed by atoms with Crippen molar-refractivity contribution >= 4 is 11.6 Å². The number of halogens is 2. The second kappa shape index (κ2) is 6.85. The molecule has 1 aromatic rings. The normalized spacial score (nSPS) is 22.2. The maximum atomic E-state index is 13.3. The fourth-order valence-electron chi connectivity index (χ4n) is 2.90. The third-order valence-corrected chi connectivity index (χ3v) is 4.44. The molecule has 0 amide bonds. The molecule has 2 atom stereocenters. The zero-order valence-corrected chi connectivity index (χ0v) is 12.9. The SMILES string of the molecule is CN(C)C1CCCN(C(CN)c2ccc(F)c(Cl)c2)C1. The Hall–Kier alpha value is -0.680. The molecule has 0 spiro atoms. The summed E-state index contributed by atoms with van der Waals surface area (Å²) in [6.45, 7) is 2.53. The van der Waals surface area contributed by atoms with Gasteiger partial charge in [0.15, 0.2) is 0 Å². The molecule has 3 nitrogen and oxygen atoms in total. The number of nitrogens with two attached hydrogens (primary N) is 1. The highest BCUT2D eigenvalue weighted by atomic mass is 35.5. The molecule has 112 valence electrons. The molecular formula is C15H23ClFN3. The predicted molar refractivity (Wildman–Crippen MR) is 81.5 cm³/mol. The third-order valence-electron chi connectivity index (χ3n) is 4.15. The number of likely N-dealkylation sites (N-methyl/N-ethyl adjacent to an activating group) is 1. The van der Waals surface area contributed by atoms with Crippen LogP contribution in [0.4, 0.5) is 4.39 Å². The summed E-state index contributed by atoms with van der Waals surface area (Å²) in [5.74, 6) is -0.379. The van der Waals surface area contributed by atoms with Gasteiger partial charge in [0, 0.05) is 25.2 Å². The molecule has 1 aromatic carbocycles. The van der Waals surface area contributed by atoms with Crippen molar-refractivity contribution < 1.29 is 4.39 Å². The van der Waals surface area contributed by atoms with Gasteiger partial charge in [-0.15, -0.1) is 0 Å². The van der Waals surface area contributed by atoms with Crippen molar-refractivity contribution in [1.29, 1.82) is 0 Å². The van der Waals surface area contributed by atoms with Gasteiger partial charge in [-0.25, -0.2) is 4.39 Å². The van der Waals surface area contributed by atoms with Crippen LogP contribution >= 0.6 is 11.6 Å². The van der Waals surface area contributed by atoms with Crippen LogP contribution < -0.4 is 5.73 Å². The van der Waals surface area contributed by atoms with E-state index in [0.717, 1.165) is 25.1 Å². The van der Waals surface area contributed by atoms with Crippen LogP contribution in [0.2, 0.25) is 5.02 Å². The fraction of sp³-hybridized carbons (Fsp3) is 0.600. The minimum atomic E-state index is -0.379. The molecule has 5 heteroatoms. The summed E-state index contributed by atoms with van der Waals surface area (Å²) in [7, 11) is 4.22. The van der Waals surface area contributed by atoms with Gasteiger partial charge >= 0.3 is 0 Å². The minimum Gasteiger partial charge on any atom is -0.329 e. The van der Waals surface area contributed by atoms with Crippen LogP contribution in [0.1, 0.15) is 24.4 Å². The van der Waals surface area contributed by atoms with E-state index in [2.05, 4.69) is 23.9 Å². The second-order valence-corrected chi connectivity index (χ2v) is 6.09. The number of nitrogens with zero attached hydrogens (tertiary/aromatic N) is 2. The van der Waals surface area contributed by atoms with Crippen molar-refractivity contribution in [3.63, 3.8) is 0 Å². The van der Waals surface area contributed by atoms with E-state index in [1.807, 2.05) is 0 Å². The molecule has 2 unspecified atom stereocenters. The van der Waals surface area contributed by atoms with E-state index >= 15 is 0 Å². The number of benzene rings is 1. The Labute approximate surface area is 125 Å². The topological polar surface area (TPSA) is 32.5 Å². The Balaban J connectivity index is 2.16. The second-order valence-electron chi connectivity index (χ2n) is 5.68. The highest BCUT2D eigenvalue weighted by molar-refractivity contribution is 6.30. The van der Waals surface area contributed by atoms with Crippen LogP contribution in [0.15, 0.2) is 18.2 Å². The first-order valence-corrected chi connectivity index (χ1v) is 7.46. The Bertz CT molecular complexity index is 453. The number of rotatable bonds is 4. The molecule has 1 fully saturated rings. The van der Waals surface area contributed by atoms with Gasteiger partial charge < -0.3 is 10.6 Å². The van der Waals surface area contributed by atoms with Crippen molar-refractivity contribution in [1.82, 2.24) is 9.80 Å². The van der Waals surface area contributed by atoms with Gasteiger partial charge in [-0.05, 0) is 51.2 Å². The summed E-state index contributed by atoms with van der Waals surface area (Å²) in [6, 6.07) is 5.57. The van der Waals surface area contributed by atoms with Crippen molar-refractivity contribution in [2.45, 2.75) is 24.9 Å². The van der Waals surface area contributed by atoms with Crippen molar-refractivity contribution in [3.8, 4) is 0 Å². The molecule has 2 N–H and O–H groups in total. The molecule has 0 saturated carbocycles. The Kier molecular flexibility index (Phi) is 5.38. The summed E-state index contributed by atoms with van der Waals surface area (Å²) in [5, 5.41) is 0.169. The number of piperidine rings is 1. The number of likely N-dealkylation sites (tertiary alicyclic amines) is 1. The summed E-state index contributed by atoms with van der Waals surface area (Å²) >= 11 is 5.89. The number of hydrogen-bond acceptors (Lipinski definition) is 3. The molecule has 2 rings (SSSR count). The highest BCUT2D eigenvalue weighted by Gasteiger charge is 2.27. The van der Waals surface area contributed by atoms with E-state index in [1.54, 1.807) is 12.1 Å². The summed E-state index contributed by atoms with van der Waals surface area (Å²) in [6.07, 6.45) is 2.37. The molecule has 0 radical (unpaired) electrons. The predicted octanol–water partition coefficient (Wildman–Crippen LogP) is 2.50. The zero-order valence-electron chi connectivity index (χ0n) is 12.1.